The molecule has 0 bridgehead atoms. The van der Waals surface area contributed by atoms with Crippen LogP contribution in [0.5, 0.6) is 0 Å². The first-order valence-corrected chi connectivity index (χ1v) is 7.49. The van der Waals surface area contributed by atoms with E-state index in [0.29, 0.717) is 6.54 Å². The third-order valence-corrected chi connectivity index (χ3v) is 3.40. The largest absolute Gasteiger partial charge is 0.357 e. The normalized spacial score (nSPS) is 11.8. The summed E-state index contributed by atoms with van der Waals surface area (Å²) in [6.45, 7) is 8.55. The van der Waals surface area contributed by atoms with Crippen LogP contribution in [0.2, 0.25) is 5.02 Å². The van der Waals surface area contributed by atoms with Crippen LogP contribution in [0.1, 0.15) is 19.4 Å². The highest BCUT2D eigenvalue weighted by molar-refractivity contribution is 6.31. The Labute approximate surface area is 127 Å². The second-order valence-electron chi connectivity index (χ2n) is 4.61. The Morgan fingerprint density at radius 1 is 1.25 bits per heavy atom. The second kappa shape index (κ2) is 9.61. The van der Waals surface area contributed by atoms with Gasteiger partial charge in [0.05, 0.1) is 6.54 Å². The van der Waals surface area contributed by atoms with Crippen molar-refractivity contribution in [1.82, 2.24) is 15.5 Å². The van der Waals surface area contributed by atoms with Crippen LogP contribution >= 0.6 is 11.6 Å². The van der Waals surface area contributed by atoms with Gasteiger partial charge in [-0.2, -0.15) is 0 Å². The number of guanidine groups is 1. The summed E-state index contributed by atoms with van der Waals surface area (Å²) in [5.74, 6) is 0.830. The third-order valence-electron chi connectivity index (χ3n) is 3.04. The average molecular weight is 297 g/mol. The van der Waals surface area contributed by atoms with Crippen molar-refractivity contribution in [3.63, 3.8) is 0 Å². The van der Waals surface area contributed by atoms with Crippen LogP contribution in [0.15, 0.2) is 29.3 Å². The van der Waals surface area contributed by atoms with E-state index >= 15 is 0 Å². The van der Waals surface area contributed by atoms with E-state index in [1.165, 1.54) is 0 Å². The Balaban J connectivity index is 2.52. The molecule has 2 N–H and O–H groups in total. The lowest BCUT2D eigenvalue weighted by molar-refractivity contribution is 0.357. The van der Waals surface area contributed by atoms with Crippen LogP contribution in [0.3, 0.4) is 0 Å². The quantitative estimate of drug-likeness (QED) is 0.599. The molecule has 0 amide bonds. The standard InChI is InChI=1S/C15H25ClN4/c1-4-17-15(18-10-11-20(3)5-2)19-12-13-8-6-7-9-14(13)16/h6-9H,4-5,10-12H2,1-3H3,(H2,17,18,19). The summed E-state index contributed by atoms with van der Waals surface area (Å²) in [5, 5.41) is 7.33. The van der Waals surface area contributed by atoms with Crippen LogP contribution in [-0.2, 0) is 6.54 Å². The van der Waals surface area contributed by atoms with E-state index in [2.05, 4.69) is 41.4 Å². The number of likely N-dealkylation sites (N-methyl/N-ethyl adjacent to an activating group) is 1. The van der Waals surface area contributed by atoms with Crippen molar-refractivity contribution in [2.24, 2.45) is 4.99 Å². The molecule has 0 fully saturated rings. The van der Waals surface area contributed by atoms with Gasteiger partial charge in [-0.25, -0.2) is 4.99 Å². The first kappa shape index (κ1) is 16.8. The van der Waals surface area contributed by atoms with Crippen LogP contribution in [0, 0.1) is 0 Å². The smallest absolute Gasteiger partial charge is 0.191 e. The fourth-order valence-electron chi connectivity index (χ4n) is 1.66. The van der Waals surface area contributed by atoms with Crippen LogP contribution in [0.4, 0.5) is 0 Å². The van der Waals surface area contributed by atoms with Gasteiger partial charge in [-0.15, -0.1) is 0 Å². The van der Waals surface area contributed by atoms with Crippen molar-refractivity contribution >= 4 is 17.6 Å². The van der Waals surface area contributed by atoms with Crippen molar-refractivity contribution < 1.29 is 0 Å². The highest BCUT2D eigenvalue weighted by Crippen LogP contribution is 2.15. The van der Waals surface area contributed by atoms with Crippen molar-refractivity contribution in [2.45, 2.75) is 20.4 Å². The molecule has 0 aliphatic carbocycles. The third kappa shape index (κ3) is 6.26. The fourth-order valence-corrected chi connectivity index (χ4v) is 1.85. The van der Waals surface area contributed by atoms with Crippen LogP contribution < -0.4 is 10.6 Å². The van der Waals surface area contributed by atoms with Gasteiger partial charge in [-0.3, -0.25) is 0 Å². The van der Waals surface area contributed by atoms with E-state index in [4.69, 9.17) is 11.6 Å². The van der Waals surface area contributed by atoms with Gasteiger partial charge in [-0.05, 0) is 32.1 Å². The summed E-state index contributed by atoms with van der Waals surface area (Å²) >= 11 is 6.13. The molecule has 112 valence electrons. The molecule has 0 saturated heterocycles. The zero-order valence-corrected chi connectivity index (χ0v) is 13.4. The predicted octanol–water partition coefficient (Wildman–Crippen LogP) is 2.35. The van der Waals surface area contributed by atoms with Crippen molar-refractivity contribution in [3.05, 3.63) is 34.9 Å². The highest BCUT2D eigenvalue weighted by Gasteiger charge is 2.01. The maximum Gasteiger partial charge on any atom is 0.191 e. The van der Waals surface area contributed by atoms with E-state index in [1.54, 1.807) is 0 Å². The Morgan fingerprint density at radius 2 is 2.00 bits per heavy atom. The summed E-state index contributed by atoms with van der Waals surface area (Å²) < 4.78 is 0. The lowest BCUT2D eigenvalue weighted by Crippen LogP contribution is -2.40. The van der Waals surface area contributed by atoms with Gasteiger partial charge in [0.1, 0.15) is 0 Å². The number of hydrogen-bond donors (Lipinski definition) is 2. The second-order valence-corrected chi connectivity index (χ2v) is 5.02. The number of halogens is 1. The summed E-state index contributed by atoms with van der Waals surface area (Å²) in [6.07, 6.45) is 0. The SMILES string of the molecule is CCNC(=NCc1ccccc1Cl)NCCN(C)CC. The molecule has 20 heavy (non-hydrogen) atoms. The summed E-state index contributed by atoms with van der Waals surface area (Å²) in [7, 11) is 2.11. The minimum absolute atomic E-state index is 0.582. The molecular weight excluding hydrogens is 272 g/mol. The minimum atomic E-state index is 0.582. The van der Waals surface area contributed by atoms with E-state index in [9.17, 15) is 0 Å². The number of rotatable bonds is 7. The monoisotopic (exact) mass is 296 g/mol. The molecule has 0 aliphatic heterocycles. The van der Waals surface area contributed by atoms with Gasteiger partial charge in [0.2, 0.25) is 0 Å². The van der Waals surface area contributed by atoms with Crippen LogP contribution in [-0.4, -0.2) is 44.1 Å². The molecule has 4 nitrogen and oxygen atoms in total. The number of nitrogens with zero attached hydrogens (tertiary/aromatic N) is 2. The van der Waals surface area contributed by atoms with Crippen molar-refractivity contribution in [2.75, 3.05) is 33.2 Å². The highest BCUT2D eigenvalue weighted by atomic mass is 35.5. The summed E-state index contributed by atoms with van der Waals surface area (Å²) in [6, 6.07) is 7.80. The molecule has 0 radical (unpaired) electrons. The molecule has 1 rings (SSSR count). The van der Waals surface area contributed by atoms with E-state index in [-0.39, 0.29) is 0 Å². The number of aliphatic imine (C=N–C) groups is 1. The zero-order valence-electron chi connectivity index (χ0n) is 12.6. The first-order chi connectivity index (χ1) is 9.67. The lowest BCUT2D eigenvalue weighted by Gasteiger charge is -2.16. The van der Waals surface area contributed by atoms with Crippen molar-refractivity contribution in [3.8, 4) is 0 Å². The summed E-state index contributed by atoms with van der Waals surface area (Å²) in [4.78, 5) is 6.81. The fraction of sp³-hybridized carbons (Fsp3) is 0.533. The maximum atomic E-state index is 6.13. The van der Waals surface area contributed by atoms with E-state index < -0.39 is 0 Å². The Bertz CT molecular complexity index is 420. The molecule has 1 aromatic carbocycles. The molecule has 0 atom stereocenters. The zero-order chi connectivity index (χ0) is 14.8. The van der Waals surface area contributed by atoms with E-state index in [1.807, 2.05) is 24.3 Å². The minimum Gasteiger partial charge on any atom is -0.357 e. The number of nitrogens with one attached hydrogen (secondary N) is 2. The Morgan fingerprint density at radius 3 is 2.65 bits per heavy atom. The van der Waals surface area contributed by atoms with Gasteiger partial charge >= 0.3 is 0 Å². The van der Waals surface area contributed by atoms with Crippen molar-refractivity contribution in [1.29, 1.82) is 0 Å². The molecular formula is C15H25ClN4. The van der Waals surface area contributed by atoms with E-state index in [0.717, 1.165) is 42.7 Å². The lowest BCUT2D eigenvalue weighted by atomic mass is 10.2. The number of benzene rings is 1. The van der Waals surface area contributed by atoms with Gasteiger partial charge in [-0.1, -0.05) is 36.7 Å². The molecule has 0 unspecified atom stereocenters. The van der Waals surface area contributed by atoms with Gasteiger partial charge in [0.15, 0.2) is 5.96 Å². The van der Waals surface area contributed by atoms with Gasteiger partial charge < -0.3 is 15.5 Å². The Hall–Kier alpha value is -1.26. The molecule has 0 spiro atoms. The summed E-state index contributed by atoms with van der Waals surface area (Å²) in [5.41, 5.74) is 1.04. The molecule has 0 saturated carbocycles. The maximum absolute atomic E-state index is 6.13. The molecule has 0 aromatic heterocycles. The molecule has 5 heteroatoms. The molecule has 0 heterocycles. The first-order valence-electron chi connectivity index (χ1n) is 7.11. The molecule has 0 aliphatic rings. The van der Waals surface area contributed by atoms with Crippen LogP contribution in [0.25, 0.3) is 0 Å². The predicted molar refractivity (Wildman–Crippen MR) is 87.4 cm³/mol. The Kier molecular flexibility index (Phi) is 8.07. The topological polar surface area (TPSA) is 39.7 Å². The van der Waals surface area contributed by atoms with Gasteiger partial charge in [0, 0.05) is 24.7 Å². The van der Waals surface area contributed by atoms with Gasteiger partial charge in [0.25, 0.3) is 0 Å². The molecule has 1 aromatic rings. The number of hydrogen-bond acceptors (Lipinski definition) is 2. The average Bonchev–Trinajstić information content (AvgIpc) is 2.46.